The molecule has 0 saturated heterocycles. The topological polar surface area (TPSA) is 54.6 Å². The fourth-order valence-electron chi connectivity index (χ4n) is 4.06. The third-order valence-corrected chi connectivity index (χ3v) is 6.48. The maximum atomic E-state index is 12.5. The second-order valence-corrected chi connectivity index (χ2v) is 8.41. The van der Waals surface area contributed by atoms with Gasteiger partial charge in [-0.05, 0) is 60.8 Å². The average molecular weight is 437 g/mol. The maximum absolute atomic E-state index is 12.5. The highest BCUT2D eigenvalue weighted by Gasteiger charge is 2.16. The van der Waals surface area contributed by atoms with Crippen molar-refractivity contribution < 1.29 is 9.47 Å². The van der Waals surface area contributed by atoms with E-state index in [4.69, 9.17) is 9.47 Å². The molecule has 0 saturated carbocycles. The van der Waals surface area contributed by atoms with E-state index in [1.54, 1.807) is 7.11 Å². The molecule has 0 bridgehead atoms. The molecule has 0 spiro atoms. The van der Waals surface area contributed by atoms with E-state index in [1.165, 1.54) is 11.3 Å². The minimum absolute atomic E-state index is 0.0572. The van der Waals surface area contributed by atoms with E-state index in [9.17, 15) is 4.79 Å². The largest absolute Gasteiger partial charge is 0.496 e. The second-order valence-electron chi connectivity index (χ2n) is 7.49. The van der Waals surface area contributed by atoms with Gasteiger partial charge in [-0.3, -0.25) is 4.79 Å². The van der Waals surface area contributed by atoms with Crippen molar-refractivity contribution in [3.63, 3.8) is 0 Å². The molecule has 162 valence electrons. The number of methoxy groups -OCH3 is 1. The van der Waals surface area contributed by atoms with Crippen LogP contribution >= 0.6 is 11.3 Å². The van der Waals surface area contributed by atoms with Crippen LogP contribution in [0.3, 0.4) is 0 Å². The van der Waals surface area contributed by atoms with E-state index in [0.29, 0.717) is 6.61 Å². The lowest BCUT2D eigenvalue weighted by Crippen LogP contribution is -2.28. The van der Waals surface area contributed by atoms with E-state index in [1.807, 2.05) is 35.7 Å². The Hall–Kier alpha value is -2.83. The summed E-state index contributed by atoms with van der Waals surface area (Å²) < 4.78 is 12.5. The van der Waals surface area contributed by atoms with Gasteiger partial charge in [0.25, 0.3) is 5.56 Å². The number of ether oxygens (including phenoxy) is 2. The number of hydrogen-bond donors (Lipinski definition) is 1. The van der Waals surface area contributed by atoms with Gasteiger partial charge in [-0.15, -0.1) is 11.3 Å². The highest BCUT2D eigenvalue weighted by molar-refractivity contribution is 7.17. The zero-order chi connectivity index (χ0) is 21.8. The summed E-state index contributed by atoms with van der Waals surface area (Å²) in [6.45, 7) is 8.04. The molecule has 4 rings (SSSR count). The van der Waals surface area contributed by atoms with Gasteiger partial charge in [0.2, 0.25) is 0 Å². The van der Waals surface area contributed by atoms with E-state index in [-0.39, 0.29) is 5.56 Å². The summed E-state index contributed by atoms with van der Waals surface area (Å²) in [6.07, 6.45) is 1.14. The molecule has 6 heteroatoms. The first kappa shape index (κ1) is 21.4. The van der Waals surface area contributed by atoms with Gasteiger partial charge in [0.15, 0.2) is 0 Å². The molecule has 0 fully saturated rings. The molecule has 4 aromatic rings. The smallest absolute Gasteiger partial charge is 0.266 e. The van der Waals surface area contributed by atoms with Crippen LogP contribution in [0, 0.1) is 0 Å². The minimum atomic E-state index is -0.0572. The molecule has 0 radical (unpaired) electrons. The lowest BCUT2D eigenvalue weighted by atomic mass is 9.97. The highest BCUT2D eigenvalue weighted by atomic mass is 32.1. The highest BCUT2D eigenvalue weighted by Crippen LogP contribution is 2.40. The molecule has 0 unspecified atom stereocenters. The van der Waals surface area contributed by atoms with Crippen LogP contribution < -0.4 is 15.0 Å². The molecular formula is C25H28N2O3S. The number of nitrogens with one attached hydrogen (secondary N) is 1. The lowest BCUT2D eigenvalue weighted by Gasteiger charge is -2.19. The van der Waals surface area contributed by atoms with Crippen LogP contribution in [0.25, 0.3) is 32.1 Å². The summed E-state index contributed by atoms with van der Waals surface area (Å²) in [5, 5.41) is 3.90. The molecular weight excluding hydrogens is 408 g/mol. The monoisotopic (exact) mass is 436 g/mol. The summed E-state index contributed by atoms with van der Waals surface area (Å²) in [6, 6.07) is 13.9. The number of likely N-dealkylation sites (N-methyl/N-ethyl adjacent to an activating group) is 1. The first-order chi connectivity index (χ1) is 15.2. The molecule has 0 amide bonds. The van der Waals surface area contributed by atoms with E-state index in [2.05, 4.69) is 35.9 Å². The standard InChI is InChI=1S/C25H28N2O3S/c1-4-12-27(5-2)13-14-30-18-8-6-7-17(16-18)22-21(29-3)10-9-20-23(22)19-11-15-31-24(19)25(28)26-20/h6-11,15-16H,4-5,12-14H2,1-3H3,(H,26,28). The fourth-order valence-corrected chi connectivity index (χ4v) is 4.86. The summed E-state index contributed by atoms with van der Waals surface area (Å²) in [5.41, 5.74) is 2.71. The van der Waals surface area contributed by atoms with Crippen molar-refractivity contribution in [1.29, 1.82) is 0 Å². The number of pyridine rings is 1. The first-order valence-corrected chi connectivity index (χ1v) is 11.6. The predicted octanol–water partition coefficient (Wildman–Crippen LogP) is 5.53. The van der Waals surface area contributed by atoms with Gasteiger partial charge >= 0.3 is 0 Å². The van der Waals surface area contributed by atoms with Crippen molar-refractivity contribution >= 4 is 32.3 Å². The summed E-state index contributed by atoms with van der Waals surface area (Å²) >= 11 is 1.46. The van der Waals surface area contributed by atoms with Crippen LogP contribution in [0.15, 0.2) is 52.6 Å². The van der Waals surface area contributed by atoms with Crippen molar-refractivity contribution in [3.8, 4) is 22.6 Å². The summed E-state index contributed by atoms with van der Waals surface area (Å²) in [7, 11) is 1.68. The molecule has 5 nitrogen and oxygen atoms in total. The van der Waals surface area contributed by atoms with Crippen molar-refractivity contribution in [1.82, 2.24) is 9.88 Å². The van der Waals surface area contributed by atoms with Gasteiger partial charge in [0, 0.05) is 28.4 Å². The van der Waals surface area contributed by atoms with Crippen LogP contribution in [-0.4, -0.2) is 43.2 Å². The molecule has 2 aromatic carbocycles. The molecule has 0 aliphatic carbocycles. The predicted molar refractivity (Wildman–Crippen MR) is 130 cm³/mol. The van der Waals surface area contributed by atoms with Gasteiger partial charge < -0.3 is 19.4 Å². The van der Waals surface area contributed by atoms with Crippen molar-refractivity contribution in [2.75, 3.05) is 33.4 Å². The number of hydrogen-bond acceptors (Lipinski definition) is 5. The lowest BCUT2D eigenvalue weighted by molar-refractivity contribution is 0.216. The Bertz CT molecular complexity index is 1240. The Morgan fingerprint density at radius 3 is 2.74 bits per heavy atom. The summed E-state index contributed by atoms with van der Waals surface area (Å²) in [5.74, 6) is 1.60. The Kier molecular flexibility index (Phi) is 6.59. The second kappa shape index (κ2) is 9.54. The number of rotatable bonds is 9. The Morgan fingerprint density at radius 2 is 1.97 bits per heavy atom. The zero-order valence-electron chi connectivity index (χ0n) is 18.2. The third kappa shape index (κ3) is 4.31. The molecule has 0 aliphatic heterocycles. The maximum Gasteiger partial charge on any atom is 0.266 e. The molecule has 31 heavy (non-hydrogen) atoms. The molecule has 2 aromatic heterocycles. The third-order valence-electron chi connectivity index (χ3n) is 5.56. The van der Waals surface area contributed by atoms with Gasteiger partial charge in [-0.2, -0.15) is 0 Å². The van der Waals surface area contributed by atoms with Gasteiger partial charge in [0.05, 0.1) is 7.11 Å². The zero-order valence-corrected chi connectivity index (χ0v) is 19.1. The van der Waals surface area contributed by atoms with E-state index in [0.717, 1.165) is 69.7 Å². The Labute approximate surface area is 186 Å². The number of aromatic amines is 1. The minimum Gasteiger partial charge on any atom is -0.496 e. The number of nitrogens with zero attached hydrogens (tertiary/aromatic N) is 1. The van der Waals surface area contributed by atoms with Crippen molar-refractivity contribution in [2.24, 2.45) is 0 Å². The Morgan fingerprint density at radius 1 is 1.10 bits per heavy atom. The molecule has 2 heterocycles. The number of thiophene rings is 1. The quantitative estimate of drug-likeness (QED) is 0.375. The van der Waals surface area contributed by atoms with Crippen LogP contribution in [0.1, 0.15) is 20.3 Å². The SMILES string of the molecule is CCCN(CC)CCOc1cccc(-c2c(OC)ccc3[nH]c(=O)c4sccc4c23)c1. The van der Waals surface area contributed by atoms with Gasteiger partial charge in [-0.25, -0.2) is 0 Å². The van der Waals surface area contributed by atoms with Crippen molar-refractivity contribution in [3.05, 3.63) is 58.2 Å². The van der Waals surface area contributed by atoms with E-state index >= 15 is 0 Å². The van der Waals surface area contributed by atoms with Crippen molar-refractivity contribution in [2.45, 2.75) is 20.3 Å². The Balaban J connectivity index is 1.74. The molecule has 1 N–H and O–H groups in total. The van der Waals surface area contributed by atoms with Gasteiger partial charge in [0.1, 0.15) is 22.8 Å². The summed E-state index contributed by atoms with van der Waals surface area (Å²) in [4.78, 5) is 17.9. The molecule has 0 aliphatic rings. The number of aromatic nitrogens is 1. The van der Waals surface area contributed by atoms with E-state index < -0.39 is 0 Å². The van der Waals surface area contributed by atoms with Crippen LogP contribution in [0.5, 0.6) is 11.5 Å². The first-order valence-electron chi connectivity index (χ1n) is 10.7. The fraction of sp³-hybridized carbons (Fsp3) is 0.320. The van der Waals surface area contributed by atoms with Crippen LogP contribution in [0.4, 0.5) is 0 Å². The van der Waals surface area contributed by atoms with Crippen LogP contribution in [0.2, 0.25) is 0 Å². The number of fused-ring (bicyclic) bond motifs is 3. The van der Waals surface area contributed by atoms with Crippen LogP contribution in [-0.2, 0) is 0 Å². The van der Waals surface area contributed by atoms with Gasteiger partial charge in [-0.1, -0.05) is 26.0 Å². The number of benzene rings is 2. The number of H-pyrrole nitrogens is 1. The normalized spacial score (nSPS) is 11.5. The average Bonchev–Trinajstić information content (AvgIpc) is 3.29. The molecule has 0 atom stereocenters.